The number of β-amino-alcohol motifs (C(OH)–C–C–N with tert-alkyl or cyclic N) is 1. The molecule has 0 bridgehead atoms. The van der Waals surface area contributed by atoms with Gasteiger partial charge in [-0.15, -0.1) is 0 Å². The number of hydrogen-bond donors (Lipinski definition) is 1. The molecular formula is C20H30N2O3. The highest BCUT2D eigenvalue weighted by Gasteiger charge is 2.25. The SMILES string of the molecule is O=C1CCCCN1CC1CCN(CC(O)COc2ccccc2)CC1. The molecule has 2 aliphatic rings. The first-order valence-corrected chi connectivity index (χ1v) is 9.57. The molecule has 2 aliphatic heterocycles. The van der Waals surface area contributed by atoms with Crippen molar-refractivity contribution in [2.45, 2.75) is 38.2 Å². The predicted octanol–water partition coefficient (Wildman–Crippen LogP) is 2.15. The molecule has 1 amide bonds. The molecule has 3 rings (SSSR count). The summed E-state index contributed by atoms with van der Waals surface area (Å²) in [5.41, 5.74) is 0. The zero-order chi connectivity index (χ0) is 17.5. The second-order valence-corrected chi connectivity index (χ2v) is 7.32. The Morgan fingerprint density at radius 2 is 1.88 bits per heavy atom. The number of aliphatic hydroxyl groups excluding tert-OH is 1. The van der Waals surface area contributed by atoms with E-state index in [9.17, 15) is 9.90 Å². The van der Waals surface area contributed by atoms with Gasteiger partial charge in [-0.3, -0.25) is 4.79 Å². The summed E-state index contributed by atoms with van der Waals surface area (Å²) in [5.74, 6) is 1.74. The van der Waals surface area contributed by atoms with E-state index >= 15 is 0 Å². The van der Waals surface area contributed by atoms with Crippen LogP contribution in [-0.4, -0.2) is 66.2 Å². The molecule has 0 aliphatic carbocycles. The van der Waals surface area contributed by atoms with E-state index in [-0.39, 0.29) is 0 Å². The molecule has 5 nitrogen and oxygen atoms in total. The van der Waals surface area contributed by atoms with Gasteiger partial charge in [0.25, 0.3) is 0 Å². The van der Waals surface area contributed by atoms with Crippen LogP contribution in [0.1, 0.15) is 32.1 Å². The Balaban J connectivity index is 1.33. The van der Waals surface area contributed by atoms with E-state index in [0.717, 1.165) is 64.0 Å². The minimum Gasteiger partial charge on any atom is -0.491 e. The van der Waals surface area contributed by atoms with Crippen LogP contribution in [-0.2, 0) is 4.79 Å². The summed E-state index contributed by atoms with van der Waals surface area (Å²) in [6.45, 7) is 4.83. The number of hydrogen-bond acceptors (Lipinski definition) is 4. The lowest BCUT2D eigenvalue weighted by Crippen LogP contribution is -2.44. The van der Waals surface area contributed by atoms with E-state index in [1.807, 2.05) is 30.3 Å². The summed E-state index contributed by atoms with van der Waals surface area (Å²) >= 11 is 0. The molecule has 1 atom stereocenters. The Hall–Kier alpha value is -1.59. The number of nitrogens with zero attached hydrogens (tertiary/aromatic N) is 2. The van der Waals surface area contributed by atoms with Gasteiger partial charge in [0.15, 0.2) is 0 Å². The third-order valence-corrected chi connectivity index (χ3v) is 5.26. The van der Waals surface area contributed by atoms with E-state index in [2.05, 4.69) is 9.80 Å². The van der Waals surface area contributed by atoms with Crippen molar-refractivity contribution in [3.8, 4) is 5.75 Å². The van der Waals surface area contributed by atoms with E-state index in [1.54, 1.807) is 0 Å². The summed E-state index contributed by atoms with van der Waals surface area (Å²) in [7, 11) is 0. The number of likely N-dealkylation sites (tertiary alicyclic amines) is 2. The van der Waals surface area contributed by atoms with Gasteiger partial charge in [0.1, 0.15) is 18.5 Å². The summed E-state index contributed by atoms with van der Waals surface area (Å²) in [6.07, 6.45) is 4.67. The fraction of sp³-hybridized carbons (Fsp3) is 0.650. The van der Waals surface area contributed by atoms with E-state index in [0.29, 0.717) is 25.0 Å². The van der Waals surface area contributed by atoms with Crippen LogP contribution in [0, 0.1) is 5.92 Å². The van der Waals surface area contributed by atoms with Crippen molar-refractivity contribution in [2.75, 3.05) is 39.3 Å². The van der Waals surface area contributed by atoms with Crippen molar-refractivity contribution in [3.05, 3.63) is 30.3 Å². The summed E-state index contributed by atoms with van der Waals surface area (Å²) < 4.78 is 5.62. The number of ether oxygens (including phenoxy) is 1. The van der Waals surface area contributed by atoms with Crippen molar-refractivity contribution < 1.29 is 14.6 Å². The largest absolute Gasteiger partial charge is 0.491 e. The second kappa shape index (κ2) is 9.20. The lowest BCUT2D eigenvalue weighted by molar-refractivity contribution is -0.134. The first-order chi connectivity index (χ1) is 12.2. The number of rotatable bonds is 7. The number of amides is 1. The summed E-state index contributed by atoms with van der Waals surface area (Å²) in [6, 6.07) is 9.62. The maximum absolute atomic E-state index is 11.9. The van der Waals surface area contributed by atoms with Gasteiger partial charge in [-0.05, 0) is 56.8 Å². The molecule has 0 spiro atoms. The lowest BCUT2D eigenvalue weighted by Gasteiger charge is -2.36. The quantitative estimate of drug-likeness (QED) is 0.822. The van der Waals surface area contributed by atoms with Crippen molar-refractivity contribution in [1.29, 1.82) is 0 Å². The number of carbonyl (C=O) groups excluding carboxylic acids is 1. The lowest BCUT2D eigenvalue weighted by atomic mass is 9.95. The van der Waals surface area contributed by atoms with E-state index in [1.165, 1.54) is 0 Å². The van der Waals surface area contributed by atoms with Gasteiger partial charge in [0.2, 0.25) is 5.91 Å². The normalized spacial score (nSPS) is 21.3. The van der Waals surface area contributed by atoms with Gasteiger partial charge in [-0.1, -0.05) is 18.2 Å². The molecule has 1 N–H and O–H groups in total. The number of aliphatic hydroxyl groups is 1. The molecule has 25 heavy (non-hydrogen) atoms. The summed E-state index contributed by atoms with van der Waals surface area (Å²) in [4.78, 5) is 16.3. The van der Waals surface area contributed by atoms with Crippen molar-refractivity contribution in [1.82, 2.24) is 9.80 Å². The third kappa shape index (κ3) is 5.72. The number of piperidine rings is 2. The average molecular weight is 346 g/mol. The standard InChI is InChI=1S/C20H30N2O3/c23-18(16-25-19-6-2-1-3-7-19)15-21-12-9-17(10-13-21)14-22-11-5-4-8-20(22)24/h1-3,6-7,17-18,23H,4-5,8-16H2. The second-order valence-electron chi connectivity index (χ2n) is 7.32. The smallest absolute Gasteiger partial charge is 0.222 e. The first-order valence-electron chi connectivity index (χ1n) is 9.57. The van der Waals surface area contributed by atoms with Crippen LogP contribution in [0.15, 0.2) is 30.3 Å². The van der Waals surface area contributed by atoms with Gasteiger partial charge in [0.05, 0.1) is 0 Å². The molecular weight excluding hydrogens is 316 g/mol. The minimum absolute atomic E-state index is 0.326. The highest BCUT2D eigenvalue weighted by molar-refractivity contribution is 5.76. The van der Waals surface area contributed by atoms with Gasteiger partial charge in [0, 0.05) is 26.1 Å². The Bertz CT molecular complexity index is 529. The Kier molecular flexibility index (Phi) is 6.70. The molecule has 1 aromatic carbocycles. The molecule has 1 aromatic rings. The molecule has 1 unspecified atom stereocenters. The fourth-order valence-corrected chi connectivity index (χ4v) is 3.78. The van der Waals surface area contributed by atoms with Crippen LogP contribution in [0.4, 0.5) is 0 Å². The number of para-hydroxylation sites is 1. The molecule has 138 valence electrons. The van der Waals surface area contributed by atoms with E-state index < -0.39 is 6.10 Å². The Labute approximate surface area is 150 Å². The van der Waals surface area contributed by atoms with Crippen LogP contribution in [0.2, 0.25) is 0 Å². The topological polar surface area (TPSA) is 53.0 Å². The molecule has 0 aromatic heterocycles. The third-order valence-electron chi connectivity index (χ3n) is 5.26. The average Bonchev–Trinajstić information content (AvgIpc) is 2.64. The van der Waals surface area contributed by atoms with E-state index in [4.69, 9.17) is 4.74 Å². The monoisotopic (exact) mass is 346 g/mol. The first kappa shape index (κ1) is 18.2. The zero-order valence-electron chi connectivity index (χ0n) is 15.0. The van der Waals surface area contributed by atoms with Crippen LogP contribution >= 0.6 is 0 Å². The Morgan fingerprint density at radius 3 is 2.60 bits per heavy atom. The van der Waals surface area contributed by atoms with Crippen molar-refractivity contribution >= 4 is 5.91 Å². The predicted molar refractivity (Wildman–Crippen MR) is 97.5 cm³/mol. The van der Waals surface area contributed by atoms with Gasteiger partial charge < -0.3 is 19.6 Å². The fourth-order valence-electron chi connectivity index (χ4n) is 3.78. The molecule has 0 radical (unpaired) electrons. The number of carbonyl (C=O) groups is 1. The van der Waals surface area contributed by atoms with Gasteiger partial charge in [-0.2, -0.15) is 0 Å². The highest BCUT2D eigenvalue weighted by atomic mass is 16.5. The van der Waals surface area contributed by atoms with Crippen LogP contribution in [0.3, 0.4) is 0 Å². The molecule has 2 fully saturated rings. The molecule has 2 heterocycles. The molecule has 0 saturated carbocycles. The Morgan fingerprint density at radius 1 is 1.12 bits per heavy atom. The van der Waals surface area contributed by atoms with Crippen LogP contribution in [0.25, 0.3) is 0 Å². The van der Waals surface area contributed by atoms with Crippen molar-refractivity contribution in [2.24, 2.45) is 5.92 Å². The van der Waals surface area contributed by atoms with Gasteiger partial charge in [-0.25, -0.2) is 0 Å². The minimum atomic E-state index is -0.472. The molecule has 5 heteroatoms. The van der Waals surface area contributed by atoms with Crippen LogP contribution < -0.4 is 4.74 Å². The number of benzene rings is 1. The summed E-state index contributed by atoms with van der Waals surface area (Å²) in [5, 5.41) is 10.2. The van der Waals surface area contributed by atoms with Crippen LogP contribution in [0.5, 0.6) is 5.75 Å². The molecule has 2 saturated heterocycles. The van der Waals surface area contributed by atoms with Crippen molar-refractivity contribution in [3.63, 3.8) is 0 Å². The maximum Gasteiger partial charge on any atom is 0.222 e. The zero-order valence-corrected chi connectivity index (χ0v) is 15.0. The maximum atomic E-state index is 11.9. The van der Waals surface area contributed by atoms with Gasteiger partial charge >= 0.3 is 0 Å². The highest BCUT2D eigenvalue weighted by Crippen LogP contribution is 2.21.